The quantitative estimate of drug-likeness (QED) is 0.143. The minimum atomic E-state index is -1.71. The Morgan fingerprint density at radius 3 is 1.91 bits per heavy atom. The van der Waals surface area contributed by atoms with Gasteiger partial charge >= 0.3 is 11.9 Å². The molecule has 0 aliphatic heterocycles. The van der Waals surface area contributed by atoms with E-state index in [-0.39, 0.29) is 12.2 Å². The molecule has 4 unspecified atom stereocenters. The molecule has 0 aliphatic rings. The number of hydrogen-bond donors (Lipinski definition) is 8. The van der Waals surface area contributed by atoms with E-state index in [1.165, 1.54) is 0 Å². The molecule has 0 saturated carbocycles. The number of amides is 3. The molecule has 0 heterocycles. The van der Waals surface area contributed by atoms with Crippen LogP contribution in [0.3, 0.4) is 0 Å². The molecule has 8 N–H and O–H groups in total. The molecule has 13 heteroatoms. The van der Waals surface area contributed by atoms with Crippen LogP contribution in [0.2, 0.25) is 0 Å². The number of benzene rings is 1. The Labute approximate surface area is 189 Å². The summed E-state index contributed by atoms with van der Waals surface area (Å²) in [6.07, 6.45) is -0.825. The van der Waals surface area contributed by atoms with E-state index in [1.807, 2.05) is 5.32 Å². The standard InChI is InChI=1S/C19H26N4O8S/c20-11(8-24)16(27)21-12(6-10-4-2-1-3-5-10)17(28)23-14(9-32)18(29)22-13(19(30)31)7-15(25)26/h1-5,11-14,24,32H,6-9,20H2,(H,21,27)(H,22,29)(H,23,28)(H,25,26)(H,30,31). The SMILES string of the molecule is NC(CO)C(=O)NC(Cc1ccccc1)C(=O)NC(CS)C(=O)NC(CC(=O)O)C(=O)O. The van der Waals surface area contributed by atoms with Crippen molar-refractivity contribution in [3.05, 3.63) is 35.9 Å². The smallest absolute Gasteiger partial charge is 0.326 e. The summed E-state index contributed by atoms with van der Waals surface area (Å²) in [7, 11) is 0. The Kier molecular flexibility index (Phi) is 11.2. The molecule has 32 heavy (non-hydrogen) atoms. The van der Waals surface area contributed by atoms with Gasteiger partial charge in [0.25, 0.3) is 0 Å². The first kappa shape index (κ1) is 26.9. The summed E-state index contributed by atoms with van der Waals surface area (Å²) in [5, 5.41) is 33.7. The van der Waals surface area contributed by atoms with Crippen molar-refractivity contribution in [2.75, 3.05) is 12.4 Å². The van der Waals surface area contributed by atoms with Crippen LogP contribution in [0, 0.1) is 0 Å². The molecule has 0 radical (unpaired) electrons. The second-order valence-electron chi connectivity index (χ2n) is 6.78. The summed E-state index contributed by atoms with van der Waals surface area (Å²) in [6, 6.07) is 3.17. The Morgan fingerprint density at radius 2 is 1.41 bits per heavy atom. The van der Waals surface area contributed by atoms with Gasteiger partial charge in [0.2, 0.25) is 17.7 Å². The van der Waals surface area contributed by atoms with Crippen molar-refractivity contribution >= 4 is 42.3 Å². The van der Waals surface area contributed by atoms with Gasteiger partial charge in [0.1, 0.15) is 24.2 Å². The molecule has 3 amide bonds. The molecule has 4 atom stereocenters. The van der Waals surface area contributed by atoms with Crippen LogP contribution < -0.4 is 21.7 Å². The number of aliphatic hydroxyl groups is 1. The van der Waals surface area contributed by atoms with Crippen LogP contribution in [-0.4, -0.2) is 81.5 Å². The fourth-order valence-electron chi connectivity index (χ4n) is 2.53. The van der Waals surface area contributed by atoms with Crippen molar-refractivity contribution in [2.45, 2.75) is 37.0 Å². The summed E-state index contributed by atoms with van der Waals surface area (Å²) in [4.78, 5) is 59.3. The van der Waals surface area contributed by atoms with Gasteiger partial charge in [-0.2, -0.15) is 12.6 Å². The second kappa shape index (κ2) is 13.3. The normalized spacial score (nSPS) is 14.3. The monoisotopic (exact) mass is 470 g/mol. The number of carboxylic acid groups (broad SMARTS) is 2. The van der Waals surface area contributed by atoms with Crippen molar-refractivity contribution < 1.29 is 39.3 Å². The largest absolute Gasteiger partial charge is 0.481 e. The van der Waals surface area contributed by atoms with Gasteiger partial charge in [-0.25, -0.2) is 4.79 Å². The highest BCUT2D eigenvalue weighted by molar-refractivity contribution is 7.80. The summed E-state index contributed by atoms with van der Waals surface area (Å²) in [6.45, 7) is -0.646. The van der Waals surface area contributed by atoms with Crippen LogP contribution in [0.25, 0.3) is 0 Å². The van der Waals surface area contributed by atoms with Crippen LogP contribution in [0.1, 0.15) is 12.0 Å². The number of carboxylic acids is 2. The van der Waals surface area contributed by atoms with E-state index < -0.39 is 66.9 Å². The number of nitrogens with two attached hydrogens (primary N) is 1. The predicted molar refractivity (Wildman–Crippen MR) is 115 cm³/mol. The van der Waals surface area contributed by atoms with Crippen molar-refractivity contribution in [3.8, 4) is 0 Å². The first-order valence-electron chi connectivity index (χ1n) is 9.46. The summed E-state index contributed by atoms with van der Waals surface area (Å²) in [5.74, 6) is -5.76. The van der Waals surface area contributed by atoms with E-state index in [1.54, 1.807) is 30.3 Å². The molecular weight excluding hydrogens is 444 g/mol. The number of thiol groups is 1. The molecule has 0 aromatic heterocycles. The highest BCUT2D eigenvalue weighted by Gasteiger charge is 2.30. The van der Waals surface area contributed by atoms with Gasteiger partial charge < -0.3 is 37.0 Å². The van der Waals surface area contributed by atoms with Gasteiger partial charge in [0, 0.05) is 12.2 Å². The number of aliphatic carboxylic acids is 2. The van der Waals surface area contributed by atoms with E-state index >= 15 is 0 Å². The lowest BCUT2D eigenvalue weighted by Crippen LogP contribution is -2.58. The van der Waals surface area contributed by atoms with Crippen LogP contribution in [0.4, 0.5) is 0 Å². The van der Waals surface area contributed by atoms with Gasteiger partial charge in [-0.15, -0.1) is 0 Å². The number of nitrogens with one attached hydrogen (secondary N) is 3. The molecular formula is C19H26N4O8S. The number of aliphatic hydroxyl groups excluding tert-OH is 1. The lowest BCUT2D eigenvalue weighted by Gasteiger charge is -2.24. The molecule has 0 saturated heterocycles. The maximum atomic E-state index is 12.8. The topological polar surface area (TPSA) is 208 Å². The highest BCUT2D eigenvalue weighted by atomic mass is 32.1. The van der Waals surface area contributed by atoms with Crippen LogP contribution in [0.5, 0.6) is 0 Å². The Bertz CT molecular complexity index is 823. The van der Waals surface area contributed by atoms with Gasteiger partial charge in [-0.3, -0.25) is 19.2 Å². The van der Waals surface area contributed by atoms with Gasteiger partial charge in [-0.1, -0.05) is 30.3 Å². The molecule has 0 bridgehead atoms. The highest BCUT2D eigenvalue weighted by Crippen LogP contribution is 2.05. The average Bonchev–Trinajstić information content (AvgIpc) is 2.75. The average molecular weight is 471 g/mol. The number of carbonyl (C=O) groups is 5. The first-order valence-corrected chi connectivity index (χ1v) is 10.1. The van der Waals surface area contributed by atoms with Crippen molar-refractivity contribution in [2.24, 2.45) is 5.73 Å². The minimum Gasteiger partial charge on any atom is -0.481 e. The van der Waals surface area contributed by atoms with E-state index in [2.05, 4.69) is 23.3 Å². The minimum absolute atomic E-state index is 0.0359. The Hall–Kier alpha value is -3.16. The third-order valence-corrected chi connectivity index (χ3v) is 4.62. The molecule has 1 aromatic rings. The van der Waals surface area contributed by atoms with Crippen molar-refractivity contribution in [1.29, 1.82) is 0 Å². The number of rotatable bonds is 13. The molecule has 0 aliphatic carbocycles. The fraction of sp³-hybridized carbons (Fsp3) is 0.421. The van der Waals surface area contributed by atoms with Crippen molar-refractivity contribution in [3.63, 3.8) is 0 Å². The summed E-state index contributed by atoms with van der Waals surface area (Å²) < 4.78 is 0. The second-order valence-corrected chi connectivity index (χ2v) is 7.15. The van der Waals surface area contributed by atoms with Gasteiger partial charge in [0.05, 0.1) is 13.0 Å². The lowest BCUT2D eigenvalue weighted by molar-refractivity contribution is -0.147. The third kappa shape index (κ3) is 8.91. The molecule has 12 nitrogen and oxygen atoms in total. The lowest BCUT2D eigenvalue weighted by atomic mass is 10.0. The van der Waals surface area contributed by atoms with Gasteiger partial charge in [0.15, 0.2) is 0 Å². The molecule has 176 valence electrons. The Balaban J connectivity index is 2.96. The van der Waals surface area contributed by atoms with E-state index in [0.29, 0.717) is 5.56 Å². The fourth-order valence-corrected chi connectivity index (χ4v) is 2.79. The zero-order valence-electron chi connectivity index (χ0n) is 16.9. The predicted octanol–water partition coefficient (Wildman–Crippen LogP) is -2.51. The zero-order valence-corrected chi connectivity index (χ0v) is 17.8. The van der Waals surface area contributed by atoms with Crippen LogP contribution >= 0.6 is 12.6 Å². The number of hydrogen-bond acceptors (Lipinski definition) is 8. The first-order chi connectivity index (χ1) is 15.1. The molecule has 0 fully saturated rings. The Morgan fingerprint density at radius 1 is 0.875 bits per heavy atom. The summed E-state index contributed by atoms with van der Waals surface area (Å²) >= 11 is 3.98. The molecule has 1 rings (SSSR count). The van der Waals surface area contributed by atoms with E-state index in [0.717, 1.165) is 0 Å². The molecule has 1 aromatic carbocycles. The van der Waals surface area contributed by atoms with Crippen LogP contribution in [0.15, 0.2) is 30.3 Å². The van der Waals surface area contributed by atoms with Gasteiger partial charge in [-0.05, 0) is 5.56 Å². The van der Waals surface area contributed by atoms with E-state index in [9.17, 15) is 24.0 Å². The van der Waals surface area contributed by atoms with E-state index in [4.69, 9.17) is 21.1 Å². The maximum absolute atomic E-state index is 12.8. The molecule has 0 spiro atoms. The van der Waals surface area contributed by atoms with Crippen molar-refractivity contribution in [1.82, 2.24) is 16.0 Å². The number of carbonyl (C=O) groups excluding carboxylic acids is 3. The summed E-state index contributed by atoms with van der Waals surface area (Å²) in [5.41, 5.74) is 6.17. The van der Waals surface area contributed by atoms with Crippen LogP contribution in [-0.2, 0) is 30.4 Å². The third-order valence-electron chi connectivity index (χ3n) is 4.26. The maximum Gasteiger partial charge on any atom is 0.326 e. The zero-order chi connectivity index (χ0) is 24.3.